The van der Waals surface area contributed by atoms with Crippen LogP contribution in [-0.4, -0.2) is 30.1 Å². The Kier molecular flexibility index (Phi) is 7.68. The predicted molar refractivity (Wildman–Crippen MR) is 115 cm³/mol. The maximum atomic E-state index is 12.7. The van der Waals surface area contributed by atoms with Crippen molar-refractivity contribution in [2.45, 2.75) is 46.8 Å². The molecule has 1 amide bonds. The Morgan fingerprint density at radius 3 is 2.17 bits per heavy atom. The first kappa shape index (κ1) is 23.2. The number of rotatable bonds is 6. The van der Waals surface area contributed by atoms with Crippen LogP contribution in [0.3, 0.4) is 0 Å². The summed E-state index contributed by atoms with van der Waals surface area (Å²) < 4.78 is 10.5. The van der Waals surface area contributed by atoms with Crippen molar-refractivity contribution in [3.63, 3.8) is 0 Å². The van der Waals surface area contributed by atoms with Crippen LogP contribution in [-0.2, 0) is 9.47 Å². The summed E-state index contributed by atoms with van der Waals surface area (Å²) in [6.07, 6.45) is -0.711. The lowest BCUT2D eigenvalue weighted by Gasteiger charge is -2.11. The summed E-state index contributed by atoms with van der Waals surface area (Å²) in [5.41, 5.74) is 0.615. The van der Waals surface area contributed by atoms with Crippen molar-refractivity contribution < 1.29 is 23.9 Å². The summed E-state index contributed by atoms with van der Waals surface area (Å²) in [6, 6.07) is 4.47. The maximum Gasteiger partial charge on any atom is 0.348 e. The predicted octanol–water partition coefficient (Wildman–Crippen LogP) is 5.75. The van der Waals surface area contributed by atoms with Crippen molar-refractivity contribution in [1.29, 1.82) is 0 Å². The van der Waals surface area contributed by atoms with Gasteiger partial charge in [0.15, 0.2) is 0 Å². The van der Waals surface area contributed by atoms with Gasteiger partial charge in [-0.1, -0.05) is 23.2 Å². The van der Waals surface area contributed by atoms with E-state index in [4.69, 9.17) is 32.7 Å². The zero-order valence-corrected chi connectivity index (χ0v) is 18.9. The third kappa shape index (κ3) is 5.72. The first-order valence-corrected chi connectivity index (χ1v) is 10.4. The lowest BCUT2D eigenvalue weighted by atomic mass is 10.1. The third-order valence-electron chi connectivity index (χ3n) is 3.62. The molecule has 0 fully saturated rings. The first-order chi connectivity index (χ1) is 13.5. The second-order valence-corrected chi connectivity index (χ2v) is 8.61. The Bertz CT molecular complexity index is 953. The molecular weight excluding hydrogens is 437 g/mol. The number of hydrogen-bond donors (Lipinski definition) is 1. The van der Waals surface area contributed by atoms with Crippen molar-refractivity contribution in [3.8, 4) is 0 Å². The van der Waals surface area contributed by atoms with Crippen LogP contribution in [0.25, 0.3) is 0 Å². The molecule has 1 aromatic carbocycles. The van der Waals surface area contributed by atoms with E-state index >= 15 is 0 Å². The van der Waals surface area contributed by atoms with Crippen LogP contribution in [0.1, 0.15) is 63.6 Å². The number of nitrogens with one attached hydrogen (secondary N) is 1. The molecule has 0 aliphatic heterocycles. The van der Waals surface area contributed by atoms with E-state index in [0.717, 1.165) is 11.3 Å². The van der Waals surface area contributed by atoms with E-state index in [1.165, 1.54) is 12.1 Å². The normalized spacial score (nSPS) is 10.9. The zero-order valence-electron chi connectivity index (χ0n) is 16.6. The highest BCUT2D eigenvalue weighted by Gasteiger charge is 2.29. The SMILES string of the molecule is Cc1c(C(=O)OC(C)C)sc(NC(=O)c2cc(Cl)ccc2Cl)c1C(=O)OC(C)C. The summed E-state index contributed by atoms with van der Waals surface area (Å²) in [7, 11) is 0. The average Bonchev–Trinajstić information content (AvgIpc) is 2.92. The number of carbonyl (C=O) groups excluding carboxylic acids is 3. The average molecular weight is 458 g/mol. The van der Waals surface area contributed by atoms with Crippen LogP contribution in [0.2, 0.25) is 10.0 Å². The largest absolute Gasteiger partial charge is 0.459 e. The second kappa shape index (κ2) is 9.61. The molecule has 0 atom stereocenters. The summed E-state index contributed by atoms with van der Waals surface area (Å²) in [6.45, 7) is 8.46. The summed E-state index contributed by atoms with van der Waals surface area (Å²) in [4.78, 5) is 38.0. The monoisotopic (exact) mass is 457 g/mol. The number of anilines is 1. The van der Waals surface area contributed by atoms with Gasteiger partial charge in [0.25, 0.3) is 5.91 Å². The lowest BCUT2D eigenvalue weighted by molar-refractivity contribution is 0.0378. The highest BCUT2D eigenvalue weighted by molar-refractivity contribution is 7.18. The van der Waals surface area contributed by atoms with Crippen molar-refractivity contribution in [2.24, 2.45) is 0 Å². The van der Waals surface area contributed by atoms with E-state index in [1.54, 1.807) is 40.7 Å². The third-order valence-corrected chi connectivity index (χ3v) is 5.37. The fraction of sp³-hybridized carbons (Fsp3) is 0.350. The highest BCUT2D eigenvalue weighted by atomic mass is 35.5. The van der Waals surface area contributed by atoms with Gasteiger partial charge in [-0.25, -0.2) is 9.59 Å². The second-order valence-electron chi connectivity index (χ2n) is 6.75. The molecule has 0 aliphatic rings. The molecule has 29 heavy (non-hydrogen) atoms. The summed E-state index contributed by atoms with van der Waals surface area (Å²) in [5, 5.41) is 3.35. The molecule has 6 nitrogen and oxygen atoms in total. The zero-order chi connectivity index (χ0) is 21.9. The van der Waals surface area contributed by atoms with E-state index in [9.17, 15) is 14.4 Å². The fourth-order valence-corrected chi connectivity index (χ4v) is 3.87. The number of amides is 1. The summed E-state index contributed by atoms with van der Waals surface area (Å²) >= 11 is 13.0. The molecule has 0 saturated heterocycles. The van der Waals surface area contributed by atoms with Gasteiger partial charge in [-0.2, -0.15) is 0 Å². The molecule has 1 N–H and O–H groups in total. The molecule has 0 unspecified atom stereocenters. The molecule has 156 valence electrons. The summed E-state index contributed by atoms with van der Waals surface area (Å²) in [5.74, 6) is -1.80. The molecule has 0 radical (unpaired) electrons. The molecule has 0 aliphatic carbocycles. The number of hydrogen-bond acceptors (Lipinski definition) is 6. The minimum absolute atomic E-state index is 0.103. The van der Waals surface area contributed by atoms with Crippen LogP contribution < -0.4 is 5.32 Å². The Morgan fingerprint density at radius 1 is 1.00 bits per heavy atom. The lowest BCUT2D eigenvalue weighted by Crippen LogP contribution is -2.17. The molecule has 1 heterocycles. The molecule has 0 saturated carbocycles. The van der Waals surface area contributed by atoms with Gasteiger partial charge in [0, 0.05) is 5.02 Å². The molecule has 0 bridgehead atoms. The van der Waals surface area contributed by atoms with Gasteiger partial charge in [-0.15, -0.1) is 11.3 Å². The smallest absolute Gasteiger partial charge is 0.348 e. The van der Waals surface area contributed by atoms with Crippen LogP contribution in [0.4, 0.5) is 5.00 Å². The van der Waals surface area contributed by atoms with Gasteiger partial charge in [-0.3, -0.25) is 4.79 Å². The van der Waals surface area contributed by atoms with Crippen LogP contribution in [0.5, 0.6) is 0 Å². The number of halogens is 2. The molecule has 2 aromatic rings. The van der Waals surface area contributed by atoms with E-state index in [2.05, 4.69) is 5.32 Å². The Hall–Kier alpha value is -2.09. The van der Waals surface area contributed by atoms with Gasteiger partial charge in [-0.05, 0) is 58.4 Å². The number of ether oxygens (including phenoxy) is 2. The Labute approximate surface area is 183 Å². The Balaban J connectivity index is 2.48. The van der Waals surface area contributed by atoms with Crippen LogP contribution >= 0.6 is 34.5 Å². The van der Waals surface area contributed by atoms with Gasteiger partial charge < -0.3 is 14.8 Å². The first-order valence-electron chi connectivity index (χ1n) is 8.83. The quantitative estimate of drug-likeness (QED) is 0.558. The van der Waals surface area contributed by atoms with Gasteiger partial charge in [0.1, 0.15) is 9.88 Å². The van der Waals surface area contributed by atoms with Crippen molar-refractivity contribution in [1.82, 2.24) is 0 Å². The van der Waals surface area contributed by atoms with Crippen molar-refractivity contribution in [2.75, 3.05) is 5.32 Å². The van der Waals surface area contributed by atoms with Crippen molar-refractivity contribution in [3.05, 3.63) is 49.8 Å². The number of esters is 2. The minimum Gasteiger partial charge on any atom is -0.459 e. The highest BCUT2D eigenvalue weighted by Crippen LogP contribution is 2.35. The van der Waals surface area contributed by atoms with E-state index in [1.807, 2.05) is 0 Å². The topological polar surface area (TPSA) is 81.7 Å². The van der Waals surface area contributed by atoms with Crippen molar-refractivity contribution >= 4 is 57.4 Å². The Morgan fingerprint density at radius 2 is 1.59 bits per heavy atom. The molecule has 1 aromatic heterocycles. The molecule has 0 spiro atoms. The van der Waals surface area contributed by atoms with Gasteiger partial charge in [0.05, 0.1) is 28.4 Å². The van der Waals surface area contributed by atoms with Gasteiger partial charge >= 0.3 is 11.9 Å². The molecular formula is C20H21Cl2NO5S. The minimum atomic E-state index is -0.648. The van der Waals surface area contributed by atoms with Crippen LogP contribution in [0, 0.1) is 6.92 Å². The van der Waals surface area contributed by atoms with E-state index in [0.29, 0.717) is 10.6 Å². The van der Waals surface area contributed by atoms with Gasteiger partial charge in [0.2, 0.25) is 0 Å². The maximum absolute atomic E-state index is 12.7. The number of thiophene rings is 1. The molecule has 2 rings (SSSR count). The van der Waals surface area contributed by atoms with E-state index in [-0.39, 0.29) is 38.2 Å². The number of benzene rings is 1. The number of carbonyl (C=O) groups is 3. The van der Waals surface area contributed by atoms with Crippen LogP contribution in [0.15, 0.2) is 18.2 Å². The molecule has 9 heteroatoms. The fourth-order valence-electron chi connectivity index (χ4n) is 2.42. The standard InChI is InChI=1S/C20H21Cl2NO5S/c1-9(2)27-19(25)15-11(5)16(20(26)28-10(3)4)29-18(15)23-17(24)13-8-12(21)6-7-14(13)22/h6-10H,1-5H3,(H,23,24). The van der Waals surface area contributed by atoms with E-state index < -0.39 is 17.8 Å².